The third-order valence-electron chi connectivity index (χ3n) is 7.64. The van der Waals surface area contributed by atoms with Crippen LogP contribution in [-0.4, -0.2) is 40.8 Å². The molecule has 1 spiro atoms. The Balaban J connectivity index is 1.37. The number of nitro groups is 1. The molecule has 4 aliphatic heterocycles. The summed E-state index contributed by atoms with van der Waals surface area (Å²) in [4.78, 5) is 34.8. The summed E-state index contributed by atoms with van der Waals surface area (Å²) in [5.74, 6) is -0.788. The third-order valence-corrected chi connectivity index (χ3v) is 7.64. The minimum Gasteiger partial charge on any atom is -0.459 e. The Kier molecular flexibility index (Phi) is 4.68. The predicted molar refractivity (Wildman–Crippen MR) is 106 cm³/mol. The standard InChI is InChI=1S/C22H27NO8/c1-13-4-9-17-20(2,12-27-18(24)14-5-7-15(8-6-14)23(25)26)28-19-22(17)16(13)10-11-21(3,29-19)30-31-22/h5-8,13,16-17,19H,4,9-12H2,1-3H3/t13-,16+,17?,19+,20-,21-,22-/m1/s1. The molecule has 1 aromatic carbocycles. The van der Waals surface area contributed by atoms with Gasteiger partial charge in [-0.05, 0) is 57.1 Å². The van der Waals surface area contributed by atoms with Crippen LogP contribution in [0.15, 0.2) is 24.3 Å². The zero-order valence-corrected chi connectivity index (χ0v) is 17.9. The van der Waals surface area contributed by atoms with Crippen LogP contribution in [0, 0.1) is 27.9 Å². The van der Waals surface area contributed by atoms with Gasteiger partial charge in [-0.15, -0.1) is 0 Å². The van der Waals surface area contributed by atoms with Crippen LogP contribution < -0.4 is 0 Å². The fourth-order valence-electron chi connectivity index (χ4n) is 5.96. The van der Waals surface area contributed by atoms with Crippen molar-refractivity contribution < 1.29 is 33.7 Å². The van der Waals surface area contributed by atoms with Gasteiger partial charge < -0.3 is 14.2 Å². The van der Waals surface area contributed by atoms with E-state index in [1.807, 2.05) is 13.8 Å². The van der Waals surface area contributed by atoms with Crippen LogP contribution in [0.1, 0.15) is 56.8 Å². The number of ether oxygens (including phenoxy) is 3. The van der Waals surface area contributed by atoms with Gasteiger partial charge in [-0.25, -0.2) is 14.6 Å². The molecule has 1 saturated carbocycles. The predicted octanol–water partition coefficient (Wildman–Crippen LogP) is 3.76. The number of benzene rings is 1. The lowest BCUT2D eigenvalue weighted by Crippen LogP contribution is -2.62. The van der Waals surface area contributed by atoms with E-state index in [0.717, 1.165) is 25.7 Å². The number of nitrogens with zero attached hydrogens (tertiary/aromatic N) is 1. The van der Waals surface area contributed by atoms with Crippen LogP contribution in [0.2, 0.25) is 0 Å². The maximum atomic E-state index is 12.6. The van der Waals surface area contributed by atoms with E-state index in [9.17, 15) is 14.9 Å². The molecule has 1 aliphatic carbocycles. The monoisotopic (exact) mass is 433 g/mol. The maximum Gasteiger partial charge on any atom is 0.338 e. The summed E-state index contributed by atoms with van der Waals surface area (Å²) in [5.41, 5.74) is -1.35. The van der Waals surface area contributed by atoms with Gasteiger partial charge in [-0.2, -0.15) is 0 Å². The second-order valence-corrected chi connectivity index (χ2v) is 9.67. The van der Waals surface area contributed by atoms with Crippen LogP contribution in [0.4, 0.5) is 5.69 Å². The van der Waals surface area contributed by atoms with Crippen LogP contribution in [0.3, 0.4) is 0 Å². The molecule has 1 aromatic rings. The van der Waals surface area contributed by atoms with Crippen molar-refractivity contribution in [3.05, 3.63) is 39.9 Å². The van der Waals surface area contributed by atoms with Crippen molar-refractivity contribution in [1.82, 2.24) is 0 Å². The van der Waals surface area contributed by atoms with E-state index in [4.69, 9.17) is 24.0 Å². The number of non-ortho nitro benzene ring substituents is 1. The SMILES string of the molecule is C[C@@H]1CCC2[C@]34OO[C@](C)(CC[C@@H]13)O[C@@H]4O[C@]2(C)COC(=O)c1ccc([N+](=O)[O-])cc1. The zero-order valence-electron chi connectivity index (χ0n) is 17.9. The Bertz CT molecular complexity index is 905. The van der Waals surface area contributed by atoms with Crippen molar-refractivity contribution in [2.75, 3.05) is 6.61 Å². The van der Waals surface area contributed by atoms with Crippen LogP contribution in [-0.2, 0) is 24.0 Å². The molecule has 9 heteroatoms. The van der Waals surface area contributed by atoms with E-state index in [1.165, 1.54) is 24.3 Å². The highest BCUT2D eigenvalue weighted by molar-refractivity contribution is 5.89. The second-order valence-electron chi connectivity index (χ2n) is 9.67. The largest absolute Gasteiger partial charge is 0.459 e. The van der Waals surface area contributed by atoms with Crippen LogP contribution >= 0.6 is 0 Å². The lowest BCUT2D eigenvalue weighted by Gasteiger charge is -2.50. The molecule has 0 radical (unpaired) electrons. The van der Waals surface area contributed by atoms with Crippen molar-refractivity contribution in [3.8, 4) is 0 Å². The topological polar surface area (TPSA) is 106 Å². The zero-order chi connectivity index (χ0) is 22.0. The van der Waals surface area contributed by atoms with Gasteiger partial charge in [0.2, 0.25) is 5.79 Å². The van der Waals surface area contributed by atoms with Crippen molar-refractivity contribution in [3.63, 3.8) is 0 Å². The lowest BCUT2D eigenvalue weighted by atomic mass is 9.60. The third kappa shape index (κ3) is 3.09. The average molecular weight is 433 g/mol. The number of nitro benzene ring substituents is 1. The van der Waals surface area contributed by atoms with Gasteiger partial charge in [0.05, 0.1) is 10.5 Å². The van der Waals surface area contributed by atoms with Crippen LogP contribution in [0.25, 0.3) is 0 Å². The quantitative estimate of drug-likeness (QED) is 0.306. The summed E-state index contributed by atoms with van der Waals surface area (Å²) in [6.07, 6.45) is 2.95. The molecule has 2 bridgehead atoms. The first-order chi connectivity index (χ1) is 14.7. The minimum absolute atomic E-state index is 0.0241. The maximum absolute atomic E-state index is 12.6. The van der Waals surface area contributed by atoms with Gasteiger partial charge in [0.15, 0.2) is 11.9 Å². The van der Waals surface area contributed by atoms with Gasteiger partial charge in [0.25, 0.3) is 5.69 Å². The average Bonchev–Trinajstić information content (AvgIpc) is 2.82. The van der Waals surface area contributed by atoms with Crippen LogP contribution in [0.5, 0.6) is 0 Å². The van der Waals surface area contributed by atoms with Gasteiger partial charge in [0, 0.05) is 24.5 Å². The van der Waals surface area contributed by atoms with Crippen molar-refractivity contribution in [2.24, 2.45) is 17.8 Å². The Morgan fingerprint density at radius 2 is 1.90 bits per heavy atom. The van der Waals surface area contributed by atoms with Gasteiger partial charge in [-0.3, -0.25) is 10.1 Å². The Morgan fingerprint density at radius 1 is 1.16 bits per heavy atom. The second kappa shape index (κ2) is 6.96. The molecule has 4 heterocycles. The van der Waals surface area contributed by atoms with E-state index in [2.05, 4.69) is 6.92 Å². The summed E-state index contributed by atoms with van der Waals surface area (Å²) >= 11 is 0. The number of hydrogen-bond donors (Lipinski definition) is 0. The molecule has 6 rings (SSSR count). The molecular formula is C22H27NO8. The highest BCUT2D eigenvalue weighted by Gasteiger charge is 2.74. The molecule has 168 valence electrons. The van der Waals surface area contributed by atoms with E-state index >= 15 is 0 Å². The Morgan fingerprint density at radius 3 is 2.61 bits per heavy atom. The molecule has 5 aliphatic rings. The molecule has 7 atom stereocenters. The van der Waals surface area contributed by atoms with Gasteiger partial charge in [0.1, 0.15) is 12.2 Å². The molecule has 4 saturated heterocycles. The molecule has 0 amide bonds. The molecule has 31 heavy (non-hydrogen) atoms. The molecule has 0 aromatic heterocycles. The fraction of sp³-hybridized carbons (Fsp3) is 0.682. The van der Waals surface area contributed by atoms with Crippen molar-refractivity contribution in [2.45, 2.75) is 69.7 Å². The van der Waals surface area contributed by atoms with E-state index < -0.39 is 34.2 Å². The van der Waals surface area contributed by atoms with Crippen molar-refractivity contribution >= 4 is 11.7 Å². The van der Waals surface area contributed by atoms with Crippen molar-refractivity contribution in [1.29, 1.82) is 0 Å². The highest BCUT2D eigenvalue weighted by atomic mass is 17.3. The van der Waals surface area contributed by atoms with E-state index in [0.29, 0.717) is 5.92 Å². The van der Waals surface area contributed by atoms with E-state index in [-0.39, 0.29) is 29.7 Å². The molecule has 0 N–H and O–H groups in total. The normalized spacial score (nSPS) is 43.2. The minimum atomic E-state index is -0.849. The smallest absolute Gasteiger partial charge is 0.338 e. The van der Waals surface area contributed by atoms with Gasteiger partial charge in [-0.1, -0.05) is 6.92 Å². The Labute approximate surface area is 180 Å². The lowest BCUT2D eigenvalue weighted by molar-refractivity contribution is -0.541. The number of hydrogen-bond acceptors (Lipinski definition) is 8. The molecule has 9 nitrogen and oxygen atoms in total. The Hall–Kier alpha value is -2.07. The molecule has 1 unspecified atom stereocenters. The number of carbonyl (C=O) groups excluding carboxylic acids is 1. The first-order valence-corrected chi connectivity index (χ1v) is 10.8. The van der Waals surface area contributed by atoms with E-state index in [1.54, 1.807) is 0 Å². The summed E-state index contributed by atoms with van der Waals surface area (Å²) in [5, 5.41) is 10.8. The number of carbonyl (C=O) groups is 1. The summed E-state index contributed by atoms with van der Waals surface area (Å²) < 4.78 is 18.3. The first-order valence-electron chi connectivity index (χ1n) is 10.8. The number of rotatable bonds is 4. The number of esters is 1. The summed E-state index contributed by atoms with van der Waals surface area (Å²) in [6.45, 7) is 6.06. The summed E-state index contributed by atoms with van der Waals surface area (Å²) in [7, 11) is 0. The first kappa shape index (κ1) is 20.8. The number of fused-ring (bicyclic) bond motifs is 2. The fourth-order valence-corrected chi connectivity index (χ4v) is 5.96. The molecule has 5 fully saturated rings. The van der Waals surface area contributed by atoms with Gasteiger partial charge >= 0.3 is 5.97 Å². The summed E-state index contributed by atoms with van der Waals surface area (Å²) in [6, 6.07) is 5.35. The highest BCUT2D eigenvalue weighted by Crippen LogP contribution is 2.63. The molecular weight excluding hydrogens is 406 g/mol.